The van der Waals surface area contributed by atoms with Crippen LogP contribution >= 0.6 is 0 Å². The third-order valence-electron chi connectivity index (χ3n) is 4.64. The van der Waals surface area contributed by atoms with E-state index in [9.17, 15) is 9.18 Å². The largest absolute Gasteiger partial charge is 0.348 e. The van der Waals surface area contributed by atoms with Crippen molar-refractivity contribution in [1.29, 1.82) is 0 Å². The molecule has 2 heterocycles. The van der Waals surface area contributed by atoms with Crippen LogP contribution in [0.1, 0.15) is 27.4 Å². The lowest BCUT2D eigenvalue weighted by atomic mass is 10.1. The molecule has 2 aromatic heterocycles. The second kappa shape index (κ2) is 7.23. The van der Waals surface area contributed by atoms with Gasteiger partial charge >= 0.3 is 0 Å². The number of hydrogen-bond acceptors (Lipinski definition) is 3. The quantitative estimate of drug-likeness (QED) is 0.585. The monoisotopic (exact) mass is 374 g/mol. The number of para-hydroxylation sites is 1. The molecule has 0 aliphatic carbocycles. The number of aromatic nitrogens is 3. The van der Waals surface area contributed by atoms with Gasteiger partial charge in [0.1, 0.15) is 11.6 Å². The van der Waals surface area contributed by atoms with Gasteiger partial charge in [-0.2, -0.15) is 0 Å². The van der Waals surface area contributed by atoms with Gasteiger partial charge in [0.05, 0.1) is 16.8 Å². The van der Waals surface area contributed by atoms with Gasteiger partial charge in [-0.15, -0.1) is 0 Å². The molecule has 140 valence electrons. The summed E-state index contributed by atoms with van der Waals surface area (Å²) in [5, 5.41) is 3.67. The summed E-state index contributed by atoms with van der Waals surface area (Å²) >= 11 is 0. The molecular formula is C22H19FN4O. The summed E-state index contributed by atoms with van der Waals surface area (Å²) in [4.78, 5) is 21.3. The Morgan fingerprint density at radius 3 is 2.71 bits per heavy atom. The fraction of sp³-hybridized carbons (Fsp3) is 0.136. The third-order valence-corrected chi connectivity index (χ3v) is 4.64. The zero-order chi connectivity index (χ0) is 19.7. The zero-order valence-electron chi connectivity index (χ0n) is 15.6. The number of amides is 1. The van der Waals surface area contributed by atoms with Crippen LogP contribution in [0, 0.1) is 19.7 Å². The Morgan fingerprint density at radius 2 is 1.96 bits per heavy atom. The molecule has 6 heteroatoms. The maximum absolute atomic E-state index is 14.5. The van der Waals surface area contributed by atoms with Gasteiger partial charge in [0, 0.05) is 30.0 Å². The lowest BCUT2D eigenvalue weighted by Gasteiger charge is -2.11. The second-order valence-corrected chi connectivity index (χ2v) is 6.64. The first kappa shape index (κ1) is 17.9. The lowest BCUT2D eigenvalue weighted by Crippen LogP contribution is -2.23. The molecule has 0 unspecified atom stereocenters. The molecule has 0 radical (unpaired) electrons. The van der Waals surface area contributed by atoms with Crippen LogP contribution in [0.2, 0.25) is 0 Å². The van der Waals surface area contributed by atoms with E-state index < -0.39 is 0 Å². The van der Waals surface area contributed by atoms with Gasteiger partial charge in [0.25, 0.3) is 5.91 Å². The molecule has 2 aromatic carbocycles. The van der Waals surface area contributed by atoms with Crippen molar-refractivity contribution < 1.29 is 9.18 Å². The number of carbonyl (C=O) groups excluding carboxylic acids is 1. The average molecular weight is 374 g/mol. The highest BCUT2D eigenvalue weighted by molar-refractivity contribution is 6.06. The van der Waals surface area contributed by atoms with Crippen molar-refractivity contribution in [2.24, 2.45) is 0 Å². The maximum Gasteiger partial charge on any atom is 0.252 e. The first-order chi connectivity index (χ1) is 13.5. The molecule has 1 N–H and O–H groups in total. The molecule has 4 rings (SSSR count). The number of halogens is 1. The van der Waals surface area contributed by atoms with E-state index in [1.165, 1.54) is 6.07 Å². The normalized spacial score (nSPS) is 11.0. The third kappa shape index (κ3) is 3.36. The van der Waals surface area contributed by atoms with E-state index in [2.05, 4.69) is 15.3 Å². The summed E-state index contributed by atoms with van der Waals surface area (Å²) in [6.07, 6.45) is 3.34. The Balaban J connectivity index is 1.55. The second-order valence-electron chi connectivity index (χ2n) is 6.64. The van der Waals surface area contributed by atoms with Crippen molar-refractivity contribution >= 4 is 16.8 Å². The van der Waals surface area contributed by atoms with Gasteiger partial charge in [-0.3, -0.25) is 9.78 Å². The molecule has 0 saturated carbocycles. The summed E-state index contributed by atoms with van der Waals surface area (Å²) in [6.45, 7) is 3.90. The Morgan fingerprint density at radius 1 is 1.14 bits per heavy atom. The van der Waals surface area contributed by atoms with Crippen LogP contribution < -0.4 is 5.32 Å². The number of pyridine rings is 1. The number of benzene rings is 2. The minimum Gasteiger partial charge on any atom is -0.348 e. The van der Waals surface area contributed by atoms with Gasteiger partial charge < -0.3 is 9.88 Å². The number of hydrogen-bond donors (Lipinski definition) is 1. The lowest BCUT2D eigenvalue weighted by molar-refractivity contribution is 0.0952. The smallest absolute Gasteiger partial charge is 0.252 e. The molecule has 0 aliphatic rings. The van der Waals surface area contributed by atoms with Crippen molar-refractivity contribution in [1.82, 2.24) is 19.9 Å². The van der Waals surface area contributed by atoms with Crippen molar-refractivity contribution in [3.63, 3.8) is 0 Å². The van der Waals surface area contributed by atoms with Crippen molar-refractivity contribution in [2.45, 2.75) is 20.4 Å². The molecule has 0 aliphatic heterocycles. The van der Waals surface area contributed by atoms with Crippen LogP contribution in [0.25, 0.3) is 16.6 Å². The Bertz CT molecular complexity index is 1180. The number of aryl methyl sites for hydroxylation is 2. The molecule has 4 aromatic rings. The minimum absolute atomic E-state index is 0.211. The topological polar surface area (TPSA) is 59.8 Å². The van der Waals surface area contributed by atoms with Crippen molar-refractivity contribution in [2.75, 3.05) is 0 Å². The van der Waals surface area contributed by atoms with E-state index in [1.54, 1.807) is 35.2 Å². The zero-order valence-corrected chi connectivity index (χ0v) is 15.6. The number of nitrogens with zero attached hydrogens (tertiary/aromatic N) is 3. The summed E-state index contributed by atoms with van der Waals surface area (Å²) in [5.41, 5.74) is 3.23. The number of nitrogens with one attached hydrogen (secondary N) is 1. The summed E-state index contributed by atoms with van der Waals surface area (Å²) in [6, 6.07) is 14.2. The Labute approximate surface area is 161 Å². The molecule has 0 spiro atoms. The van der Waals surface area contributed by atoms with E-state index in [-0.39, 0.29) is 18.3 Å². The van der Waals surface area contributed by atoms with E-state index >= 15 is 0 Å². The molecule has 0 bridgehead atoms. The highest BCUT2D eigenvalue weighted by atomic mass is 19.1. The first-order valence-corrected chi connectivity index (χ1v) is 8.96. The molecular weight excluding hydrogens is 355 g/mol. The Kier molecular flexibility index (Phi) is 4.61. The van der Waals surface area contributed by atoms with Crippen molar-refractivity contribution in [3.8, 4) is 5.69 Å². The molecule has 5 nitrogen and oxygen atoms in total. The number of fused-ring (bicyclic) bond motifs is 1. The molecule has 0 fully saturated rings. The van der Waals surface area contributed by atoms with E-state index in [0.29, 0.717) is 22.6 Å². The van der Waals surface area contributed by atoms with Crippen LogP contribution in [0.3, 0.4) is 0 Å². The fourth-order valence-corrected chi connectivity index (χ4v) is 3.26. The van der Waals surface area contributed by atoms with Crippen LogP contribution in [-0.4, -0.2) is 20.4 Å². The molecule has 28 heavy (non-hydrogen) atoms. The number of imidazole rings is 1. The highest BCUT2D eigenvalue weighted by Crippen LogP contribution is 2.19. The first-order valence-electron chi connectivity index (χ1n) is 8.96. The van der Waals surface area contributed by atoms with Crippen LogP contribution in [0.4, 0.5) is 4.39 Å². The van der Waals surface area contributed by atoms with Crippen LogP contribution in [0.15, 0.2) is 60.9 Å². The Hall–Kier alpha value is -3.54. The van der Waals surface area contributed by atoms with Crippen LogP contribution in [0.5, 0.6) is 0 Å². The minimum atomic E-state index is -0.363. The molecule has 1 amide bonds. The SMILES string of the molecule is Cc1cc(C(=O)NCc2ccc(-n3ccnc3C)c(F)c2)c2ccccc2n1. The van der Waals surface area contributed by atoms with Gasteiger partial charge in [0.15, 0.2) is 0 Å². The number of rotatable bonds is 4. The van der Waals surface area contributed by atoms with Gasteiger partial charge in [-0.1, -0.05) is 24.3 Å². The summed E-state index contributed by atoms with van der Waals surface area (Å²) in [7, 11) is 0. The van der Waals surface area contributed by atoms with Gasteiger partial charge in [0.2, 0.25) is 0 Å². The van der Waals surface area contributed by atoms with Gasteiger partial charge in [-0.05, 0) is 43.7 Å². The summed E-state index contributed by atoms with van der Waals surface area (Å²) < 4.78 is 16.2. The average Bonchev–Trinajstić information content (AvgIpc) is 3.11. The predicted molar refractivity (Wildman–Crippen MR) is 106 cm³/mol. The maximum atomic E-state index is 14.5. The van der Waals surface area contributed by atoms with E-state index in [4.69, 9.17) is 0 Å². The standard InChI is InChI=1S/C22H19FN4O/c1-14-11-18(17-5-3-4-6-20(17)26-14)22(28)25-13-16-7-8-21(19(23)12-16)27-10-9-24-15(27)2/h3-12H,13H2,1-2H3,(H,25,28). The predicted octanol–water partition coefficient (Wildman–Crippen LogP) is 4.11. The van der Waals surface area contributed by atoms with E-state index in [0.717, 1.165) is 16.6 Å². The molecule has 0 atom stereocenters. The van der Waals surface area contributed by atoms with Crippen molar-refractivity contribution in [3.05, 3.63) is 89.4 Å². The molecule has 0 saturated heterocycles. The van der Waals surface area contributed by atoms with Gasteiger partial charge in [-0.25, -0.2) is 9.37 Å². The highest BCUT2D eigenvalue weighted by Gasteiger charge is 2.13. The summed E-state index contributed by atoms with van der Waals surface area (Å²) in [5.74, 6) is 0.134. The van der Waals surface area contributed by atoms with E-state index in [1.807, 2.05) is 38.1 Å². The van der Waals surface area contributed by atoms with Crippen LogP contribution in [-0.2, 0) is 6.54 Å². The number of carbonyl (C=O) groups is 1. The fourth-order valence-electron chi connectivity index (χ4n) is 3.26.